The molecule has 0 saturated heterocycles. The monoisotopic (exact) mass is 309 g/mol. The zero-order valence-corrected chi connectivity index (χ0v) is 14.1. The van der Waals surface area contributed by atoms with Gasteiger partial charge in [0.25, 0.3) is 5.56 Å². The maximum atomic E-state index is 11.4. The Morgan fingerprint density at radius 2 is 2.29 bits per heavy atom. The lowest BCUT2D eigenvalue weighted by Gasteiger charge is -2.37. The SMILES string of the molecule is CCCNC1CCC(C(C)C)CC1Sc1nccc(=O)[nH]1. The standard InChI is InChI=1S/C16H27N3OS/c1-4-8-17-13-6-5-12(11(2)3)10-14(13)21-16-18-9-7-15(20)19-16/h7,9,11-14,17H,4-6,8,10H2,1-3H3,(H,18,19,20). The molecule has 1 heterocycles. The number of aromatic nitrogens is 2. The summed E-state index contributed by atoms with van der Waals surface area (Å²) in [5.41, 5.74) is -0.0678. The van der Waals surface area contributed by atoms with Gasteiger partial charge in [-0.3, -0.25) is 4.79 Å². The van der Waals surface area contributed by atoms with Crippen LogP contribution in [-0.2, 0) is 0 Å². The van der Waals surface area contributed by atoms with Crippen molar-refractivity contribution in [3.05, 3.63) is 22.6 Å². The Morgan fingerprint density at radius 3 is 2.95 bits per heavy atom. The van der Waals surface area contributed by atoms with Crippen molar-refractivity contribution in [3.63, 3.8) is 0 Å². The topological polar surface area (TPSA) is 57.8 Å². The quantitative estimate of drug-likeness (QED) is 0.793. The van der Waals surface area contributed by atoms with Crippen LogP contribution in [0, 0.1) is 11.8 Å². The lowest BCUT2D eigenvalue weighted by atomic mass is 9.79. The average molecular weight is 309 g/mol. The highest BCUT2D eigenvalue weighted by Crippen LogP contribution is 2.37. The second-order valence-electron chi connectivity index (χ2n) is 6.27. The van der Waals surface area contributed by atoms with Crippen LogP contribution in [0.3, 0.4) is 0 Å². The first-order valence-electron chi connectivity index (χ1n) is 8.05. The zero-order chi connectivity index (χ0) is 15.2. The highest BCUT2D eigenvalue weighted by atomic mass is 32.2. The van der Waals surface area contributed by atoms with Gasteiger partial charge in [-0.15, -0.1) is 0 Å². The van der Waals surface area contributed by atoms with E-state index in [0.717, 1.165) is 30.0 Å². The summed E-state index contributed by atoms with van der Waals surface area (Å²) in [4.78, 5) is 18.6. The van der Waals surface area contributed by atoms with Crippen LogP contribution in [0.5, 0.6) is 0 Å². The summed E-state index contributed by atoms with van der Waals surface area (Å²) in [6.45, 7) is 7.89. The third-order valence-corrected chi connectivity index (χ3v) is 5.60. The minimum Gasteiger partial charge on any atom is -0.313 e. The number of nitrogens with one attached hydrogen (secondary N) is 2. The number of hydrogen-bond donors (Lipinski definition) is 2. The molecule has 4 nitrogen and oxygen atoms in total. The Kier molecular flexibility index (Phi) is 6.30. The van der Waals surface area contributed by atoms with Crippen molar-refractivity contribution in [1.82, 2.24) is 15.3 Å². The van der Waals surface area contributed by atoms with E-state index in [4.69, 9.17) is 0 Å². The van der Waals surface area contributed by atoms with Gasteiger partial charge < -0.3 is 10.3 Å². The normalized spacial score (nSPS) is 26.2. The van der Waals surface area contributed by atoms with Crippen molar-refractivity contribution >= 4 is 11.8 Å². The van der Waals surface area contributed by atoms with Crippen LogP contribution >= 0.6 is 11.8 Å². The van der Waals surface area contributed by atoms with E-state index < -0.39 is 0 Å². The number of nitrogens with zero attached hydrogens (tertiary/aromatic N) is 1. The number of aromatic amines is 1. The first-order chi connectivity index (χ1) is 10.1. The molecule has 1 aliphatic rings. The molecule has 1 aliphatic carbocycles. The number of hydrogen-bond acceptors (Lipinski definition) is 4. The molecule has 2 rings (SSSR count). The van der Waals surface area contributed by atoms with Gasteiger partial charge in [0.15, 0.2) is 5.16 Å². The molecule has 21 heavy (non-hydrogen) atoms. The van der Waals surface area contributed by atoms with E-state index >= 15 is 0 Å². The van der Waals surface area contributed by atoms with Crippen LogP contribution < -0.4 is 10.9 Å². The summed E-state index contributed by atoms with van der Waals surface area (Å²) in [5.74, 6) is 1.50. The van der Waals surface area contributed by atoms with Crippen LogP contribution in [0.2, 0.25) is 0 Å². The fourth-order valence-electron chi connectivity index (χ4n) is 3.01. The molecule has 1 aromatic rings. The van der Waals surface area contributed by atoms with Crippen LogP contribution in [0.25, 0.3) is 0 Å². The van der Waals surface area contributed by atoms with E-state index in [2.05, 4.69) is 36.1 Å². The van der Waals surface area contributed by atoms with Gasteiger partial charge in [0.05, 0.1) is 0 Å². The molecular weight excluding hydrogens is 282 g/mol. The van der Waals surface area contributed by atoms with Gasteiger partial charge in [-0.25, -0.2) is 4.98 Å². The molecule has 0 bridgehead atoms. The first-order valence-corrected chi connectivity index (χ1v) is 8.93. The van der Waals surface area contributed by atoms with E-state index in [1.54, 1.807) is 18.0 Å². The molecule has 0 radical (unpaired) electrons. The Morgan fingerprint density at radius 1 is 1.48 bits per heavy atom. The van der Waals surface area contributed by atoms with Crippen molar-refractivity contribution in [1.29, 1.82) is 0 Å². The molecule has 0 spiro atoms. The van der Waals surface area contributed by atoms with Gasteiger partial charge in [0.1, 0.15) is 0 Å². The lowest BCUT2D eigenvalue weighted by Crippen LogP contribution is -2.43. The van der Waals surface area contributed by atoms with Crippen LogP contribution in [0.15, 0.2) is 22.2 Å². The summed E-state index contributed by atoms with van der Waals surface area (Å²) in [6.07, 6.45) is 6.47. The van der Waals surface area contributed by atoms with Crippen LogP contribution in [0.4, 0.5) is 0 Å². The van der Waals surface area contributed by atoms with E-state index in [1.165, 1.54) is 25.3 Å². The van der Waals surface area contributed by atoms with E-state index in [0.29, 0.717) is 11.3 Å². The molecule has 0 aliphatic heterocycles. The zero-order valence-electron chi connectivity index (χ0n) is 13.3. The molecular formula is C16H27N3OS. The van der Waals surface area contributed by atoms with Crippen LogP contribution in [-0.4, -0.2) is 27.8 Å². The molecule has 3 atom stereocenters. The third kappa shape index (κ3) is 4.85. The molecule has 118 valence electrons. The van der Waals surface area contributed by atoms with Crippen molar-refractivity contribution < 1.29 is 0 Å². The van der Waals surface area contributed by atoms with E-state index in [-0.39, 0.29) is 5.56 Å². The third-order valence-electron chi connectivity index (χ3n) is 4.34. The van der Waals surface area contributed by atoms with Gasteiger partial charge in [-0.05, 0) is 44.1 Å². The van der Waals surface area contributed by atoms with Crippen molar-refractivity contribution in [2.24, 2.45) is 11.8 Å². The van der Waals surface area contributed by atoms with Crippen molar-refractivity contribution in [3.8, 4) is 0 Å². The van der Waals surface area contributed by atoms with Crippen LogP contribution in [0.1, 0.15) is 46.5 Å². The number of thioether (sulfide) groups is 1. The Hall–Kier alpha value is -0.810. The fraction of sp³-hybridized carbons (Fsp3) is 0.750. The Balaban J connectivity index is 2.06. The largest absolute Gasteiger partial charge is 0.313 e. The minimum atomic E-state index is -0.0678. The molecule has 3 unspecified atom stereocenters. The summed E-state index contributed by atoms with van der Waals surface area (Å²) < 4.78 is 0. The average Bonchev–Trinajstić information content (AvgIpc) is 2.46. The maximum Gasteiger partial charge on any atom is 0.251 e. The highest BCUT2D eigenvalue weighted by Gasteiger charge is 2.32. The fourth-order valence-corrected chi connectivity index (χ4v) is 4.32. The summed E-state index contributed by atoms with van der Waals surface area (Å²) in [5, 5.41) is 4.91. The number of H-pyrrole nitrogens is 1. The number of rotatable bonds is 6. The predicted molar refractivity (Wildman–Crippen MR) is 88.8 cm³/mol. The van der Waals surface area contributed by atoms with Gasteiger partial charge in [-0.2, -0.15) is 0 Å². The Labute approximate surface area is 131 Å². The summed E-state index contributed by atoms with van der Waals surface area (Å²) >= 11 is 1.73. The van der Waals surface area contributed by atoms with Gasteiger partial charge in [0, 0.05) is 23.6 Å². The first kappa shape index (κ1) is 16.6. The molecule has 1 aromatic heterocycles. The smallest absolute Gasteiger partial charge is 0.251 e. The minimum absolute atomic E-state index is 0.0678. The highest BCUT2D eigenvalue weighted by molar-refractivity contribution is 7.99. The van der Waals surface area contributed by atoms with Gasteiger partial charge in [0.2, 0.25) is 0 Å². The van der Waals surface area contributed by atoms with Crippen molar-refractivity contribution in [2.45, 2.75) is 62.9 Å². The second-order valence-corrected chi connectivity index (χ2v) is 7.50. The molecule has 2 N–H and O–H groups in total. The van der Waals surface area contributed by atoms with Gasteiger partial charge >= 0.3 is 0 Å². The second kappa shape index (κ2) is 7.99. The van der Waals surface area contributed by atoms with E-state index in [9.17, 15) is 4.79 Å². The summed E-state index contributed by atoms with van der Waals surface area (Å²) in [6, 6.07) is 1.99. The predicted octanol–water partition coefficient (Wildman–Crippen LogP) is 3.05. The Bertz CT molecular complexity index is 488. The molecule has 0 amide bonds. The molecule has 1 saturated carbocycles. The summed E-state index contributed by atoms with van der Waals surface area (Å²) in [7, 11) is 0. The van der Waals surface area contributed by atoms with E-state index in [1.807, 2.05) is 0 Å². The molecule has 0 aromatic carbocycles. The molecule has 5 heteroatoms. The molecule has 1 fully saturated rings. The maximum absolute atomic E-state index is 11.4. The lowest BCUT2D eigenvalue weighted by molar-refractivity contribution is 0.246. The van der Waals surface area contributed by atoms with Crippen molar-refractivity contribution in [2.75, 3.05) is 6.54 Å². The van der Waals surface area contributed by atoms with Gasteiger partial charge in [-0.1, -0.05) is 32.5 Å².